The van der Waals surface area contributed by atoms with Gasteiger partial charge < -0.3 is 18.8 Å². The Bertz CT molecular complexity index is 967. The summed E-state index contributed by atoms with van der Waals surface area (Å²) in [6.45, 7) is 11.4. The van der Waals surface area contributed by atoms with E-state index in [1.807, 2.05) is 0 Å². The van der Waals surface area contributed by atoms with Crippen LogP contribution in [0.15, 0.2) is 21.5 Å². The molecular formula is C19H29BrF3N3O3SSi. The van der Waals surface area contributed by atoms with Gasteiger partial charge in [0.05, 0.1) is 5.69 Å². The van der Waals surface area contributed by atoms with Gasteiger partial charge in [-0.1, -0.05) is 19.6 Å². The van der Waals surface area contributed by atoms with Crippen LogP contribution < -0.4 is 10.3 Å². The molecule has 0 spiro atoms. The van der Waals surface area contributed by atoms with E-state index in [2.05, 4.69) is 45.3 Å². The topological polar surface area (TPSA) is 82.1 Å². The summed E-state index contributed by atoms with van der Waals surface area (Å²) in [5.74, 6) is 0. The number of aromatic amines is 1. The second kappa shape index (κ2) is 9.60. The summed E-state index contributed by atoms with van der Waals surface area (Å²) in [6, 6.07) is -0.121. The zero-order valence-electron chi connectivity index (χ0n) is 18.4. The number of pyridine rings is 1. The quantitative estimate of drug-likeness (QED) is 0.277. The number of rotatable bonds is 8. The van der Waals surface area contributed by atoms with Gasteiger partial charge in [0.1, 0.15) is 17.0 Å². The van der Waals surface area contributed by atoms with Crippen molar-refractivity contribution < 1.29 is 22.5 Å². The average Bonchev–Trinajstić information content (AvgIpc) is 2.97. The van der Waals surface area contributed by atoms with Gasteiger partial charge in [0, 0.05) is 42.1 Å². The predicted molar refractivity (Wildman–Crippen MR) is 124 cm³/mol. The number of halogens is 4. The number of ether oxygens (including phenoxy) is 1. The van der Waals surface area contributed by atoms with Gasteiger partial charge in [-0.3, -0.25) is 4.79 Å². The van der Waals surface area contributed by atoms with Crippen LogP contribution in [0.3, 0.4) is 0 Å². The third kappa shape index (κ3) is 6.84. The number of nitrogens with one attached hydrogen (secondary N) is 2. The van der Waals surface area contributed by atoms with Crippen molar-refractivity contribution in [2.24, 2.45) is 0 Å². The van der Waals surface area contributed by atoms with Gasteiger partial charge in [-0.15, -0.1) is 4.72 Å². The molecular weight excluding hydrogens is 515 g/mol. The molecule has 0 bridgehead atoms. The minimum atomic E-state index is -4.75. The second-order valence-electron chi connectivity index (χ2n) is 9.55. The van der Waals surface area contributed by atoms with E-state index < -0.39 is 42.0 Å². The third-order valence-corrected chi connectivity index (χ3v) is 8.47. The van der Waals surface area contributed by atoms with Crippen molar-refractivity contribution in [3.05, 3.63) is 32.8 Å². The molecule has 2 atom stereocenters. The fourth-order valence-electron chi connectivity index (χ4n) is 2.76. The number of hydrogen-bond donors (Lipinski definition) is 2. The Hall–Kier alpha value is -0.793. The van der Waals surface area contributed by atoms with Crippen LogP contribution in [0.4, 0.5) is 13.2 Å². The average molecular weight is 545 g/mol. The van der Waals surface area contributed by atoms with Crippen LogP contribution in [-0.4, -0.2) is 39.7 Å². The normalized spacial score (nSPS) is 15.5. The van der Waals surface area contributed by atoms with E-state index in [-0.39, 0.29) is 17.9 Å². The lowest BCUT2D eigenvalue weighted by atomic mass is 10.2. The fraction of sp³-hybridized carbons (Fsp3) is 0.632. The summed E-state index contributed by atoms with van der Waals surface area (Å²) >= 11 is 1.30. The number of hydrogen-bond acceptors (Lipinski definition) is 4. The molecule has 0 aliphatic carbocycles. The SMILES string of the molecule is CC(C)(C)[S@@+]([O-])N[C@H](c1cc2c(Br)c[nH]c(=O)c2n1COCC[Si](C)(C)C)C(F)(F)F. The van der Waals surface area contributed by atoms with Crippen LogP contribution in [0, 0.1) is 0 Å². The largest absolute Gasteiger partial charge is 0.598 e. The highest BCUT2D eigenvalue weighted by atomic mass is 79.9. The Morgan fingerprint density at radius 2 is 1.94 bits per heavy atom. The van der Waals surface area contributed by atoms with Crippen LogP contribution in [0.2, 0.25) is 25.7 Å². The maximum absolute atomic E-state index is 14.1. The van der Waals surface area contributed by atoms with Crippen molar-refractivity contribution >= 4 is 46.3 Å². The van der Waals surface area contributed by atoms with Crippen molar-refractivity contribution in [2.45, 2.75) is 70.2 Å². The van der Waals surface area contributed by atoms with Gasteiger partial charge in [0.15, 0.2) is 6.04 Å². The van der Waals surface area contributed by atoms with E-state index in [1.54, 1.807) is 20.8 Å². The fourth-order valence-corrected chi connectivity index (χ4v) is 4.76. The molecule has 0 saturated heterocycles. The first-order valence-corrected chi connectivity index (χ1v) is 15.4. The summed E-state index contributed by atoms with van der Waals surface area (Å²) in [5.41, 5.74) is -0.698. The molecule has 0 saturated carbocycles. The van der Waals surface area contributed by atoms with E-state index in [4.69, 9.17) is 4.74 Å². The van der Waals surface area contributed by atoms with Crippen LogP contribution >= 0.6 is 15.9 Å². The van der Waals surface area contributed by atoms with E-state index >= 15 is 0 Å². The van der Waals surface area contributed by atoms with Crippen LogP contribution in [0.5, 0.6) is 0 Å². The summed E-state index contributed by atoms with van der Waals surface area (Å²) in [6.07, 6.45) is -3.36. The molecule has 2 rings (SSSR count). The number of nitrogens with zero attached hydrogens (tertiary/aromatic N) is 1. The van der Waals surface area contributed by atoms with Gasteiger partial charge in [-0.05, 0) is 48.8 Å². The first-order chi connectivity index (χ1) is 14.0. The Kier molecular flexibility index (Phi) is 8.19. The van der Waals surface area contributed by atoms with Crippen molar-refractivity contribution in [3.63, 3.8) is 0 Å². The molecule has 0 aliphatic rings. The molecule has 31 heavy (non-hydrogen) atoms. The van der Waals surface area contributed by atoms with E-state index in [0.29, 0.717) is 16.5 Å². The van der Waals surface area contributed by atoms with Crippen molar-refractivity contribution in [3.8, 4) is 0 Å². The summed E-state index contributed by atoms with van der Waals surface area (Å²) in [7, 11) is -1.40. The lowest BCUT2D eigenvalue weighted by molar-refractivity contribution is -0.154. The van der Waals surface area contributed by atoms with E-state index in [0.717, 1.165) is 6.04 Å². The minimum Gasteiger partial charge on any atom is -0.598 e. The van der Waals surface area contributed by atoms with Crippen LogP contribution in [0.25, 0.3) is 10.9 Å². The smallest absolute Gasteiger partial charge is 0.413 e. The molecule has 2 aromatic heterocycles. The second-order valence-corrected chi connectivity index (χ2v) is 18.0. The highest BCUT2D eigenvalue weighted by Gasteiger charge is 2.47. The predicted octanol–water partition coefficient (Wildman–Crippen LogP) is 5.06. The summed E-state index contributed by atoms with van der Waals surface area (Å²) in [4.78, 5) is 15.0. The Balaban J connectivity index is 2.56. The lowest BCUT2D eigenvalue weighted by Crippen LogP contribution is -2.46. The molecule has 12 heteroatoms. The lowest BCUT2D eigenvalue weighted by Gasteiger charge is -2.29. The van der Waals surface area contributed by atoms with E-state index in [9.17, 15) is 22.5 Å². The van der Waals surface area contributed by atoms with Gasteiger partial charge in [0.25, 0.3) is 5.56 Å². The molecule has 2 heterocycles. The Morgan fingerprint density at radius 1 is 1.32 bits per heavy atom. The number of aromatic nitrogens is 2. The molecule has 0 amide bonds. The molecule has 0 aromatic carbocycles. The molecule has 0 unspecified atom stereocenters. The maximum atomic E-state index is 14.1. The maximum Gasteiger partial charge on any atom is 0.413 e. The Labute approximate surface area is 192 Å². The van der Waals surface area contributed by atoms with Gasteiger partial charge >= 0.3 is 6.18 Å². The Morgan fingerprint density at radius 3 is 2.45 bits per heavy atom. The number of H-pyrrole nitrogens is 1. The van der Waals surface area contributed by atoms with Gasteiger partial charge in [-0.25, -0.2) is 0 Å². The summed E-state index contributed by atoms with van der Waals surface area (Å²) < 4.78 is 63.4. The zero-order valence-corrected chi connectivity index (χ0v) is 21.8. The number of fused-ring (bicyclic) bond motifs is 1. The van der Waals surface area contributed by atoms with Gasteiger partial charge in [-0.2, -0.15) is 13.2 Å². The monoisotopic (exact) mass is 543 g/mol. The molecule has 0 radical (unpaired) electrons. The third-order valence-electron chi connectivity index (χ3n) is 4.55. The van der Waals surface area contributed by atoms with Crippen LogP contribution in [0.1, 0.15) is 32.5 Å². The zero-order chi connectivity index (χ0) is 23.8. The molecule has 176 valence electrons. The highest BCUT2D eigenvalue weighted by Crippen LogP contribution is 2.38. The van der Waals surface area contributed by atoms with Crippen LogP contribution in [-0.2, 0) is 22.8 Å². The summed E-state index contributed by atoms with van der Waals surface area (Å²) in [5, 5.41) is 0.324. The van der Waals surface area contributed by atoms with Crippen molar-refractivity contribution in [2.75, 3.05) is 6.61 Å². The van der Waals surface area contributed by atoms with Gasteiger partial charge in [0.2, 0.25) is 0 Å². The molecule has 6 nitrogen and oxygen atoms in total. The standard InChI is InChI=1S/C19H29BrF3N3O3SSi/c1-18(2,3)30(28)25-16(19(21,22)23)14-9-12-13(20)10-24-17(27)15(12)26(14)11-29-7-8-31(4,5)6/h9-10,16,25H,7-8,11H2,1-6H3,(H,24,27)/t16-,30-/m1/s1. The molecule has 0 aliphatic heterocycles. The molecule has 2 aromatic rings. The molecule has 2 N–H and O–H groups in total. The first kappa shape index (κ1) is 26.5. The van der Waals surface area contributed by atoms with E-state index in [1.165, 1.54) is 16.8 Å². The first-order valence-electron chi connectivity index (χ1n) is 9.75. The number of alkyl halides is 3. The van der Waals surface area contributed by atoms with Crippen molar-refractivity contribution in [1.82, 2.24) is 14.3 Å². The molecule has 0 fully saturated rings. The highest BCUT2D eigenvalue weighted by molar-refractivity contribution is 9.10. The van der Waals surface area contributed by atoms with Crippen molar-refractivity contribution in [1.29, 1.82) is 0 Å². The minimum absolute atomic E-state index is 0.0648.